The number of halogens is 1. The molecular formula is C19H21FN2O3S. The highest BCUT2D eigenvalue weighted by Gasteiger charge is 2.34. The molecule has 0 unspecified atom stereocenters. The SMILES string of the molecule is CN(C(=O)C1CCN(S(=O)(=O)c2ccccc2F)CC1)c1ccccc1. The van der Waals surface area contributed by atoms with Crippen molar-refractivity contribution in [1.82, 2.24) is 4.31 Å². The van der Waals surface area contributed by atoms with Gasteiger partial charge in [-0.25, -0.2) is 12.8 Å². The minimum absolute atomic E-state index is 0.0286. The van der Waals surface area contributed by atoms with E-state index in [-0.39, 0.29) is 29.8 Å². The van der Waals surface area contributed by atoms with Gasteiger partial charge in [-0.2, -0.15) is 4.31 Å². The molecule has 0 bridgehead atoms. The second kappa shape index (κ2) is 7.55. The molecular weight excluding hydrogens is 355 g/mol. The number of piperidine rings is 1. The molecule has 0 N–H and O–H groups in total. The minimum atomic E-state index is -3.88. The van der Waals surface area contributed by atoms with E-state index in [9.17, 15) is 17.6 Å². The summed E-state index contributed by atoms with van der Waals surface area (Å²) in [7, 11) is -2.16. The summed E-state index contributed by atoms with van der Waals surface area (Å²) in [5, 5.41) is 0. The lowest BCUT2D eigenvalue weighted by Gasteiger charge is -2.32. The molecule has 1 aliphatic heterocycles. The molecule has 0 atom stereocenters. The second-order valence-electron chi connectivity index (χ2n) is 6.34. The molecule has 2 aromatic carbocycles. The van der Waals surface area contributed by atoms with Gasteiger partial charge in [0.1, 0.15) is 10.7 Å². The Morgan fingerprint density at radius 1 is 1.04 bits per heavy atom. The van der Waals surface area contributed by atoms with Crippen molar-refractivity contribution >= 4 is 21.6 Å². The molecule has 2 aromatic rings. The number of hydrogen-bond acceptors (Lipinski definition) is 3. The largest absolute Gasteiger partial charge is 0.315 e. The number of anilines is 1. The lowest BCUT2D eigenvalue weighted by molar-refractivity contribution is -0.123. The minimum Gasteiger partial charge on any atom is -0.315 e. The fourth-order valence-electron chi connectivity index (χ4n) is 3.19. The predicted molar refractivity (Wildman–Crippen MR) is 97.7 cm³/mol. The third kappa shape index (κ3) is 3.64. The van der Waals surface area contributed by atoms with Gasteiger partial charge >= 0.3 is 0 Å². The normalized spacial score (nSPS) is 16.4. The molecule has 1 amide bonds. The summed E-state index contributed by atoms with van der Waals surface area (Å²) in [5.74, 6) is -1.03. The van der Waals surface area contributed by atoms with Crippen molar-refractivity contribution in [3.8, 4) is 0 Å². The Kier molecular flexibility index (Phi) is 5.38. The average Bonchev–Trinajstić information content (AvgIpc) is 2.68. The quantitative estimate of drug-likeness (QED) is 0.824. The molecule has 138 valence electrons. The van der Waals surface area contributed by atoms with Crippen LogP contribution in [-0.4, -0.2) is 38.8 Å². The van der Waals surface area contributed by atoms with Gasteiger partial charge in [-0.05, 0) is 37.1 Å². The number of rotatable bonds is 4. The molecule has 1 aliphatic rings. The van der Waals surface area contributed by atoms with E-state index in [1.54, 1.807) is 11.9 Å². The summed E-state index contributed by atoms with van der Waals surface area (Å²) < 4.78 is 40.4. The molecule has 0 spiro atoms. The number of amides is 1. The van der Waals surface area contributed by atoms with Crippen LogP contribution in [0, 0.1) is 11.7 Å². The van der Waals surface area contributed by atoms with Gasteiger partial charge in [-0.3, -0.25) is 4.79 Å². The first-order valence-corrected chi connectivity index (χ1v) is 9.92. The first-order valence-electron chi connectivity index (χ1n) is 8.48. The number of para-hydroxylation sites is 1. The van der Waals surface area contributed by atoms with Crippen LogP contribution in [0.15, 0.2) is 59.5 Å². The summed E-state index contributed by atoms with van der Waals surface area (Å²) in [6, 6.07) is 14.7. The first kappa shape index (κ1) is 18.5. The fraction of sp³-hybridized carbons (Fsp3) is 0.316. The van der Waals surface area contributed by atoms with Crippen LogP contribution >= 0.6 is 0 Å². The van der Waals surface area contributed by atoms with Crippen LogP contribution in [0.5, 0.6) is 0 Å². The van der Waals surface area contributed by atoms with Gasteiger partial charge in [0.15, 0.2) is 0 Å². The Hall–Kier alpha value is -2.25. The fourth-order valence-corrected chi connectivity index (χ4v) is 4.72. The van der Waals surface area contributed by atoms with Gasteiger partial charge in [-0.15, -0.1) is 0 Å². The van der Waals surface area contributed by atoms with Crippen LogP contribution in [0.25, 0.3) is 0 Å². The monoisotopic (exact) mass is 376 g/mol. The maximum absolute atomic E-state index is 13.9. The van der Waals surface area contributed by atoms with E-state index in [0.29, 0.717) is 12.8 Å². The van der Waals surface area contributed by atoms with Crippen LogP contribution in [0.2, 0.25) is 0 Å². The lowest BCUT2D eigenvalue weighted by Crippen LogP contribution is -2.43. The number of carbonyl (C=O) groups excluding carboxylic acids is 1. The Bertz CT molecular complexity index is 879. The molecule has 1 heterocycles. The highest BCUT2D eigenvalue weighted by Crippen LogP contribution is 2.27. The highest BCUT2D eigenvalue weighted by molar-refractivity contribution is 7.89. The van der Waals surface area contributed by atoms with E-state index in [1.807, 2.05) is 30.3 Å². The van der Waals surface area contributed by atoms with Crippen molar-refractivity contribution in [2.75, 3.05) is 25.0 Å². The standard InChI is InChI=1S/C19H21FN2O3S/c1-21(16-7-3-2-4-8-16)19(23)15-11-13-22(14-12-15)26(24,25)18-10-6-5-9-17(18)20/h2-10,15H,11-14H2,1H3. The molecule has 0 aromatic heterocycles. The van der Waals surface area contributed by atoms with E-state index < -0.39 is 15.8 Å². The zero-order valence-corrected chi connectivity index (χ0v) is 15.3. The van der Waals surface area contributed by atoms with Gasteiger partial charge in [0.25, 0.3) is 0 Å². The summed E-state index contributed by atoms with van der Waals surface area (Å²) in [6.07, 6.45) is 0.841. The van der Waals surface area contributed by atoms with Crippen molar-refractivity contribution in [2.24, 2.45) is 5.92 Å². The number of benzene rings is 2. The van der Waals surface area contributed by atoms with Gasteiger partial charge in [0.05, 0.1) is 0 Å². The Balaban J connectivity index is 1.68. The van der Waals surface area contributed by atoms with Crippen LogP contribution in [0.1, 0.15) is 12.8 Å². The van der Waals surface area contributed by atoms with Crippen molar-refractivity contribution in [1.29, 1.82) is 0 Å². The third-order valence-electron chi connectivity index (χ3n) is 4.73. The predicted octanol–water partition coefficient (Wildman–Crippen LogP) is 2.89. The van der Waals surface area contributed by atoms with Crippen molar-refractivity contribution < 1.29 is 17.6 Å². The maximum Gasteiger partial charge on any atom is 0.245 e. The summed E-state index contributed by atoms with van der Waals surface area (Å²) in [4.78, 5) is 14.0. The Morgan fingerprint density at radius 2 is 1.62 bits per heavy atom. The summed E-state index contributed by atoms with van der Waals surface area (Å²) in [5.41, 5.74) is 0.805. The van der Waals surface area contributed by atoms with E-state index in [2.05, 4.69) is 0 Å². The van der Waals surface area contributed by atoms with Crippen LogP contribution in [0.4, 0.5) is 10.1 Å². The van der Waals surface area contributed by atoms with E-state index in [0.717, 1.165) is 11.8 Å². The van der Waals surface area contributed by atoms with E-state index >= 15 is 0 Å². The molecule has 0 saturated carbocycles. The molecule has 5 nitrogen and oxygen atoms in total. The Labute approximate surface area is 153 Å². The topological polar surface area (TPSA) is 57.7 Å². The van der Waals surface area contributed by atoms with Crippen molar-refractivity contribution in [2.45, 2.75) is 17.7 Å². The molecule has 26 heavy (non-hydrogen) atoms. The smallest absolute Gasteiger partial charge is 0.245 e. The Morgan fingerprint density at radius 3 is 2.23 bits per heavy atom. The second-order valence-corrected chi connectivity index (χ2v) is 8.25. The third-order valence-corrected chi connectivity index (χ3v) is 6.66. The van der Waals surface area contributed by atoms with Gasteiger partial charge in [-0.1, -0.05) is 30.3 Å². The number of nitrogens with zero attached hydrogens (tertiary/aromatic N) is 2. The van der Waals surface area contributed by atoms with Gasteiger partial charge in [0, 0.05) is 31.7 Å². The summed E-state index contributed by atoms with van der Waals surface area (Å²) in [6.45, 7) is 0.408. The van der Waals surface area contributed by atoms with E-state index in [4.69, 9.17) is 0 Å². The molecule has 7 heteroatoms. The molecule has 0 radical (unpaired) electrons. The van der Waals surface area contributed by atoms with Crippen molar-refractivity contribution in [3.63, 3.8) is 0 Å². The molecule has 0 aliphatic carbocycles. The average molecular weight is 376 g/mol. The number of carbonyl (C=O) groups is 1. The zero-order chi connectivity index (χ0) is 18.7. The van der Waals surface area contributed by atoms with E-state index in [1.165, 1.54) is 22.5 Å². The molecule has 1 saturated heterocycles. The number of hydrogen-bond donors (Lipinski definition) is 0. The first-order chi connectivity index (χ1) is 12.4. The van der Waals surface area contributed by atoms with Crippen LogP contribution in [0.3, 0.4) is 0 Å². The van der Waals surface area contributed by atoms with Gasteiger partial charge in [0.2, 0.25) is 15.9 Å². The highest BCUT2D eigenvalue weighted by atomic mass is 32.2. The molecule has 1 fully saturated rings. The maximum atomic E-state index is 13.9. The number of sulfonamides is 1. The van der Waals surface area contributed by atoms with Crippen LogP contribution in [-0.2, 0) is 14.8 Å². The molecule has 3 rings (SSSR count). The van der Waals surface area contributed by atoms with Gasteiger partial charge < -0.3 is 4.90 Å². The van der Waals surface area contributed by atoms with Crippen molar-refractivity contribution in [3.05, 3.63) is 60.4 Å². The van der Waals surface area contributed by atoms with Crippen LogP contribution < -0.4 is 4.90 Å². The summed E-state index contributed by atoms with van der Waals surface area (Å²) >= 11 is 0. The zero-order valence-electron chi connectivity index (χ0n) is 14.5. The lowest BCUT2D eigenvalue weighted by atomic mass is 9.96.